The van der Waals surface area contributed by atoms with Gasteiger partial charge >= 0.3 is 6.03 Å². The third kappa shape index (κ3) is 6.79. The SMILES string of the molecule is CCOc1cc2ncnc(Oc3cccc(NC(=O)Nc4cc(C(C)(C)C)on4)c3)c2cc1OCC.Cl. The number of rotatable bonds is 8. The molecule has 0 aliphatic rings. The number of hydrogen-bond acceptors (Lipinski definition) is 8. The lowest BCUT2D eigenvalue weighted by Gasteiger charge is -2.14. The predicted molar refractivity (Wildman–Crippen MR) is 143 cm³/mol. The number of ether oxygens (including phenoxy) is 3. The van der Waals surface area contributed by atoms with E-state index in [9.17, 15) is 4.79 Å². The van der Waals surface area contributed by atoms with E-state index in [1.807, 2.05) is 34.6 Å². The van der Waals surface area contributed by atoms with Gasteiger partial charge in [0, 0.05) is 29.3 Å². The molecule has 37 heavy (non-hydrogen) atoms. The van der Waals surface area contributed by atoms with Gasteiger partial charge in [0.1, 0.15) is 17.8 Å². The number of carbonyl (C=O) groups excluding carboxylic acids is 1. The molecule has 0 radical (unpaired) electrons. The van der Waals surface area contributed by atoms with Crippen LogP contribution in [0.3, 0.4) is 0 Å². The first-order chi connectivity index (χ1) is 17.3. The van der Waals surface area contributed by atoms with E-state index in [1.165, 1.54) is 6.33 Å². The summed E-state index contributed by atoms with van der Waals surface area (Å²) in [5.74, 6) is 3.02. The van der Waals surface area contributed by atoms with E-state index in [0.717, 1.165) is 0 Å². The summed E-state index contributed by atoms with van der Waals surface area (Å²) in [5, 5.41) is 10.0. The fourth-order valence-corrected chi connectivity index (χ4v) is 3.37. The number of nitrogens with one attached hydrogen (secondary N) is 2. The summed E-state index contributed by atoms with van der Waals surface area (Å²) in [6, 6.07) is 11.8. The second kappa shape index (κ2) is 11.8. The molecule has 2 aromatic heterocycles. The highest BCUT2D eigenvalue weighted by molar-refractivity contribution is 5.99. The molecule has 0 unspecified atom stereocenters. The number of benzene rings is 2. The van der Waals surface area contributed by atoms with Crippen LogP contribution in [0.2, 0.25) is 0 Å². The Morgan fingerprint density at radius 3 is 2.38 bits per heavy atom. The zero-order valence-corrected chi connectivity index (χ0v) is 22.1. The average Bonchev–Trinajstić information content (AvgIpc) is 3.29. The van der Waals surface area contributed by atoms with Crippen LogP contribution in [0.5, 0.6) is 23.1 Å². The molecular formula is C26H30ClN5O5. The van der Waals surface area contributed by atoms with Crippen LogP contribution >= 0.6 is 12.4 Å². The van der Waals surface area contributed by atoms with Crippen LogP contribution in [-0.4, -0.2) is 34.4 Å². The first kappa shape index (κ1) is 27.5. The van der Waals surface area contributed by atoms with Crippen molar-refractivity contribution in [2.45, 2.75) is 40.0 Å². The smallest absolute Gasteiger partial charge is 0.324 e. The number of urea groups is 1. The second-order valence-corrected chi connectivity index (χ2v) is 8.90. The number of carbonyl (C=O) groups is 1. The Labute approximate surface area is 221 Å². The van der Waals surface area contributed by atoms with Gasteiger partial charge in [-0.3, -0.25) is 5.32 Å². The van der Waals surface area contributed by atoms with E-state index >= 15 is 0 Å². The molecule has 0 spiro atoms. The van der Waals surface area contributed by atoms with E-state index in [4.69, 9.17) is 18.7 Å². The van der Waals surface area contributed by atoms with Crippen molar-refractivity contribution in [2.24, 2.45) is 0 Å². The Hall–Kier alpha value is -4.05. The summed E-state index contributed by atoms with van der Waals surface area (Å²) in [5.41, 5.74) is 0.966. The number of fused-ring (bicyclic) bond motifs is 1. The van der Waals surface area contributed by atoms with Crippen molar-refractivity contribution >= 4 is 40.8 Å². The molecule has 2 N–H and O–H groups in total. The number of hydrogen-bond donors (Lipinski definition) is 2. The minimum atomic E-state index is -0.460. The van der Waals surface area contributed by atoms with E-state index in [0.29, 0.717) is 64.5 Å². The van der Waals surface area contributed by atoms with Crippen molar-refractivity contribution in [3.05, 3.63) is 54.6 Å². The molecule has 2 aromatic carbocycles. The molecule has 0 fully saturated rings. The van der Waals surface area contributed by atoms with Gasteiger partial charge in [0.05, 0.1) is 24.1 Å². The summed E-state index contributed by atoms with van der Waals surface area (Å²) >= 11 is 0. The van der Waals surface area contributed by atoms with Gasteiger partial charge in [-0.1, -0.05) is 32.0 Å². The van der Waals surface area contributed by atoms with Crippen LogP contribution in [0, 0.1) is 0 Å². The molecule has 0 aliphatic carbocycles. The summed E-state index contributed by atoms with van der Waals surface area (Å²) in [7, 11) is 0. The highest BCUT2D eigenvalue weighted by Gasteiger charge is 2.20. The molecular weight excluding hydrogens is 498 g/mol. The standard InChI is InChI=1S/C26H29N5O5.ClH/c1-6-33-20-12-18-19(13-21(20)34-7-2)27-15-28-24(18)35-17-10-8-9-16(11-17)29-25(32)30-23-14-22(36-31-23)26(3,4)5;/h8-15H,6-7H2,1-5H3,(H2,29,30,31,32);1H. The van der Waals surface area contributed by atoms with Crippen molar-refractivity contribution in [2.75, 3.05) is 23.8 Å². The molecule has 4 aromatic rings. The molecule has 0 atom stereocenters. The van der Waals surface area contributed by atoms with Crippen molar-refractivity contribution in [3.63, 3.8) is 0 Å². The number of halogens is 1. The van der Waals surface area contributed by atoms with Crippen LogP contribution in [-0.2, 0) is 5.41 Å². The molecule has 2 heterocycles. The highest BCUT2D eigenvalue weighted by atomic mass is 35.5. The molecule has 2 amide bonds. The van der Waals surface area contributed by atoms with Gasteiger partial charge in [-0.25, -0.2) is 14.8 Å². The molecule has 11 heteroatoms. The average molecular weight is 528 g/mol. The fraction of sp³-hybridized carbons (Fsp3) is 0.308. The Morgan fingerprint density at radius 2 is 1.70 bits per heavy atom. The number of amides is 2. The largest absolute Gasteiger partial charge is 0.490 e. The van der Waals surface area contributed by atoms with E-state index < -0.39 is 6.03 Å². The summed E-state index contributed by atoms with van der Waals surface area (Å²) in [6.07, 6.45) is 1.42. The van der Waals surface area contributed by atoms with Crippen LogP contribution in [0.4, 0.5) is 16.3 Å². The first-order valence-electron chi connectivity index (χ1n) is 11.6. The Morgan fingerprint density at radius 1 is 0.973 bits per heavy atom. The van der Waals surface area contributed by atoms with Gasteiger partial charge in [-0.2, -0.15) is 0 Å². The van der Waals surface area contributed by atoms with Gasteiger partial charge < -0.3 is 24.1 Å². The molecule has 0 saturated heterocycles. The summed E-state index contributed by atoms with van der Waals surface area (Å²) in [6.45, 7) is 10.8. The Bertz CT molecular complexity index is 1370. The van der Waals surface area contributed by atoms with Crippen LogP contribution in [0.25, 0.3) is 10.9 Å². The zero-order chi connectivity index (χ0) is 25.7. The molecule has 4 rings (SSSR count). The van der Waals surface area contributed by atoms with Crippen LogP contribution in [0.15, 0.2) is 53.3 Å². The third-order valence-electron chi connectivity index (χ3n) is 5.06. The fourth-order valence-electron chi connectivity index (χ4n) is 3.37. The lowest BCUT2D eigenvalue weighted by molar-refractivity contribution is 0.262. The maximum atomic E-state index is 12.5. The van der Waals surface area contributed by atoms with Crippen molar-refractivity contribution in [1.82, 2.24) is 15.1 Å². The number of anilines is 2. The minimum Gasteiger partial charge on any atom is -0.490 e. The second-order valence-electron chi connectivity index (χ2n) is 8.90. The normalized spacial score (nSPS) is 10.9. The van der Waals surface area contributed by atoms with Crippen LogP contribution < -0.4 is 24.8 Å². The number of nitrogens with zero attached hydrogens (tertiary/aromatic N) is 3. The first-order valence-corrected chi connectivity index (χ1v) is 11.6. The highest BCUT2D eigenvalue weighted by Crippen LogP contribution is 2.36. The Balaban J connectivity index is 0.00000380. The maximum absolute atomic E-state index is 12.5. The Kier molecular flexibility index (Phi) is 8.77. The summed E-state index contributed by atoms with van der Waals surface area (Å²) in [4.78, 5) is 21.1. The molecule has 196 valence electrons. The van der Waals surface area contributed by atoms with Gasteiger partial charge in [-0.15, -0.1) is 12.4 Å². The van der Waals surface area contributed by atoms with Crippen molar-refractivity contribution in [1.29, 1.82) is 0 Å². The lowest BCUT2D eigenvalue weighted by Crippen LogP contribution is -2.19. The van der Waals surface area contributed by atoms with E-state index in [2.05, 4.69) is 25.8 Å². The van der Waals surface area contributed by atoms with Crippen molar-refractivity contribution in [3.8, 4) is 23.1 Å². The third-order valence-corrected chi connectivity index (χ3v) is 5.06. The zero-order valence-electron chi connectivity index (χ0n) is 21.3. The molecule has 0 saturated carbocycles. The minimum absolute atomic E-state index is 0. The van der Waals surface area contributed by atoms with Gasteiger partial charge in [0.15, 0.2) is 17.3 Å². The predicted octanol–water partition coefficient (Wildman–Crippen LogP) is 6.57. The molecule has 0 bridgehead atoms. The summed E-state index contributed by atoms with van der Waals surface area (Å²) < 4.78 is 22.8. The monoisotopic (exact) mass is 527 g/mol. The van der Waals surface area contributed by atoms with Gasteiger partial charge in [-0.05, 0) is 32.0 Å². The van der Waals surface area contributed by atoms with Gasteiger partial charge in [0.25, 0.3) is 0 Å². The molecule has 0 aliphatic heterocycles. The topological polar surface area (TPSA) is 121 Å². The van der Waals surface area contributed by atoms with E-state index in [-0.39, 0.29) is 17.8 Å². The lowest BCUT2D eigenvalue weighted by atomic mass is 9.93. The van der Waals surface area contributed by atoms with Crippen LogP contribution in [0.1, 0.15) is 40.4 Å². The maximum Gasteiger partial charge on any atom is 0.324 e. The van der Waals surface area contributed by atoms with E-state index in [1.54, 1.807) is 42.5 Å². The number of aromatic nitrogens is 3. The molecule has 10 nitrogen and oxygen atoms in total. The van der Waals surface area contributed by atoms with Crippen molar-refractivity contribution < 1.29 is 23.5 Å². The van der Waals surface area contributed by atoms with Gasteiger partial charge in [0.2, 0.25) is 5.88 Å². The quantitative estimate of drug-likeness (QED) is 0.264.